The maximum Gasteiger partial charge on any atom is 0.407 e. The summed E-state index contributed by atoms with van der Waals surface area (Å²) >= 11 is 0. The van der Waals surface area contributed by atoms with E-state index in [9.17, 15) is 19.2 Å². The van der Waals surface area contributed by atoms with Crippen LogP contribution in [-0.4, -0.2) is 117 Å². The van der Waals surface area contributed by atoms with Gasteiger partial charge in [-0.15, -0.1) is 6.58 Å². The van der Waals surface area contributed by atoms with Gasteiger partial charge in [-0.25, -0.2) is 19.6 Å². The predicted octanol–water partition coefficient (Wildman–Crippen LogP) is 9.43. The van der Waals surface area contributed by atoms with Crippen LogP contribution in [0.25, 0.3) is 44.2 Å². The van der Waals surface area contributed by atoms with Crippen LogP contribution in [0.3, 0.4) is 0 Å². The summed E-state index contributed by atoms with van der Waals surface area (Å²) in [6.45, 7) is 18.3. The molecule has 11 atom stereocenters. The number of likely N-dealkylation sites (tertiary alicyclic amines) is 1. The number of hydrogen-bond acceptors (Lipinski definition) is 11. The second-order valence-electron chi connectivity index (χ2n) is 20.5. The molecule has 4 aliphatic heterocycles. The molecular weight excluding hydrogens is 917 g/mol. The number of imidazole rings is 2. The van der Waals surface area contributed by atoms with E-state index in [1.807, 2.05) is 57.4 Å². The summed E-state index contributed by atoms with van der Waals surface area (Å²) in [5.74, 6) is 1.44. The predicted molar refractivity (Wildman–Crippen MR) is 273 cm³/mol. The number of carbonyl (C=O) groups is 4. The van der Waals surface area contributed by atoms with Crippen LogP contribution in [0.15, 0.2) is 61.3 Å². The minimum Gasteiger partial charge on any atom is -0.488 e. The number of amides is 4. The molecule has 0 saturated carbocycles. The zero-order valence-electron chi connectivity index (χ0n) is 43.0. The summed E-state index contributed by atoms with van der Waals surface area (Å²) in [4.78, 5) is 75.6. The second-order valence-corrected chi connectivity index (χ2v) is 20.5. The number of nitrogens with one attached hydrogen (secondary N) is 4. The third-order valence-electron chi connectivity index (χ3n) is 15.6. The number of aromatic nitrogens is 4. The normalized spacial score (nSPS) is 25.5. The van der Waals surface area contributed by atoms with Gasteiger partial charge in [0, 0.05) is 23.0 Å². The van der Waals surface area contributed by atoms with Crippen LogP contribution in [0, 0.1) is 11.8 Å². The molecule has 0 aliphatic carbocycles. The fourth-order valence-corrected chi connectivity index (χ4v) is 11.9. The van der Waals surface area contributed by atoms with Gasteiger partial charge < -0.3 is 54.1 Å². The third kappa shape index (κ3) is 9.89. The SMILES string of the molecule is C=CC1CC(C(NC(=O)OC)C(=O)N(C(C)CC)C(C)c2ncc(-c3ccc4c(c3)COc3cc5c(ccc6[nH]c(C7CCC(C)N7C(=O)C(NC(=O)OC)C7CC(C)OC(C)C7)nc65)cc3-4)[nH]2)CC(C)O1. The highest BCUT2D eigenvalue weighted by Gasteiger charge is 2.45. The van der Waals surface area contributed by atoms with Crippen LogP contribution in [0.4, 0.5) is 9.59 Å². The molecular formula is C55H70N8O9. The van der Waals surface area contributed by atoms with Crippen molar-refractivity contribution >= 4 is 45.8 Å². The molecule has 9 rings (SSSR count). The summed E-state index contributed by atoms with van der Waals surface area (Å²) in [7, 11) is 2.62. The second kappa shape index (κ2) is 20.9. The maximum absolute atomic E-state index is 14.7. The topological polar surface area (TPSA) is 202 Å². The number of hydrogen-bond donors (Lipinski definition) is 4. The molecule has 0 radical (unpaired) electrons. The first kappa shape index (κ1) is 50.5. The average molecular weight is 987 g/mol. The lowest BCUT2D eigenvalue weighted by atomic mass is 9.84. The van der Waals surface area contributed by atoms with E-state index < -0.39 is 30.3 Å². The number of ether oxygens (including phenoxy) is 5. The monoisotopic (exact) mass is 987 g/mol. The average Bonchev–Trinajstić information content (AvgIpc) is 4.14. The van der Waals surface area contributed by atoms with E-state index >= 15 is 0 Å². The van der Waals surface area contributed by atoms with Gasteiger partial charge in [0.05, 0.1) is 73.6 Å². The number of methoxy groups -OCH3 is 2. The Morgan fingerprint density at radius 1 is 0.875 bits per heavy atom. The van der Waals surface area contributed by atoms with E-state index in [0.29, 0.717) is 50.4 Å². The highest BCUT2D eigenvalue weighted by atomic mass is 16.5. The van der Waals surface area contributed by atoms with Crippen molar-refractivity contribution in [1.29, 1.82) is 0 Å². The molecule has 3 aromatic carbocycles. The van der Waals surface area contributed by atoms with Gasteiger partial charge in [-0.3, -0.25) is 9.59 Å². The Morgan fingerprint density at radius 2 is 1.57 bits per heavy atom. The molecule has 6 heterocycles. The van der Waals surface area contributed by atoms with Crippen LogP contribution < -0.4 is 15.4 Å². The van der Waals surface area contributed by atoms with E-state index in [2.05, 4.69) is 70.5 Å². The highest BCUT2D eigenvalue weighted by Crippen LogP contribution is 2.44. The van der Waals surface area contributed by atoms with E-state index in [-0.39, 0.29) is 66.2 Å². The van der Waals surface area contributed by atoms with Crippen molar-refractivity contribution in [2.75, 3.05) is 14.2 Å². The Labute approximate surface area is 421 Å². The number of carbonyl (C=O) groups excluding carboxylic acids is 4. The van der Waals surface area contributed by atoms with Crippen molar-refractivity contribution in [3.63, 3.8) is 0 Å². The first-order chi connectivity index (χ1) is 34.6. The first-order valence-electron chi connectivity index (χ1n) is 25.6. The van der Waals surface area contributed by atoms with Crippen molar-refractivity contribution in [1.82, 2.24) is 40.4 Å². The smallest absolute Gasteiger partial charge is 0.407 e. The lowest BCUT2D eigenvalue weighted by molar-refractivity contribution is -0.142. The van der Waals surface area contributed by atoms with Gasteiger partial charge >= 0.3 is 12.2 Å². The Morgan fingerprint density at radius 3 is 2.26 bits per heavy atom. The number of alkyl carbamates (subject to hydrolysis) is 2. The molecule has 4 amide bonds. The molecule has 72 heavy (non-hydrogen) atoms. The maximum atomic E-state index is 14.7. The number of nitrogens with zero attached hydrogens (tertiary/aromatic N) is 4. The molecule has 384 valence electrons. The molecule has 0 bridgehead atoms. The Kier molecular flexibility index (Phi) is 14.7. The van der Waals surface area contributed by atoms with Gasteiger partial charge in [-0.1, -0.05) is 31.2 Å². The molecule has 4 N–H and O–H groups in total. The van der Waals surface area contributed by atoms with Gasteiger partial charge in [0.15, 0.2) is 0 Å². The zero-order valence-corrected chi connectivity index (χ0v) is 43.0. The van der Waals surface area contributed by atoms with Crippen LogP contribution in [0.1, 0.15) is 123 Å². The number of benzene rings is 3. The van der Waals surface area contributed by atoms with Crippen LogP contribution in [0.2, 0.25) is 0 Å². The van der Waals surface area contributed by atoms with Gasteiger partial charge in [0.25, 0.3) is 0 Å². The lowest BCUT2D eigenvalue weighted by Crippen LogP contribution is -2.56. The minimum atomic E-state index is -0.835. The summed E-state index contributed by atoms with van der Waals surface area (Å²) in [5.41, 5.74) is 6.44. The van der Waals surface area contributed by atoms with Crippen molar-refractivity contribution in [2.45, 2.75) is 161 Å². The quantitative estimate of drug-likeness (QED) is 0.0819. The fourth-order valence-electron chi connectivity index (χ4n) is 11.9. The molecule has 3 saturated heterocycles. The lowest BCUT2D eigenvalue weighted by Gasteiger charge is -2.41. The largest absolute Gasteiger partial charge is 0.488 e. The van der Waals surface area contributed by atoms with E-state index in [1.54, 1.807) is 12.3 Å². The minimum absolute atomic E-state index is 0.0409. The molecule has 0 spiro atoms. The van der Waals surface area contributed by atoms with Gasteiger partial charge in [-0.05, 0) is 145 Å². The van der Waals surface area contributed by atoms with E-state index in [0.717, 1.165) is 68.3 Å². The third-order valence-corrected chi connectivity index (χ3v) is 15.6. The molecule has 5 aromatic rings. The van der Waals surface area contributed by atoms with Crippen LogP contribution in [-0.2, 0) is 35.1 Å². The van der Waals surface area contributed by atoms with E-state index in [4.69, 9.17) is 33.7 Å². The molecule has 17 heteroatoms. The van der Waals surface area contributed by atoms with Crippen LogP contribution >= 0.6 is 0 Å². The summed E-state index contributed by atoms with van der Waals surface area (Å²) in [5, 5.41) is 7.71. The molecule has 4 aliphatic rings. The van der Waals surface area contributed by atoms with Gasteiger partial charge in [0.1, 0.15) is 36.1 Å². The number of H-pyrrole nitrogens is 2. The first-order valence-corrected chi connectivity index (χ1v) is 25.6. The Balaban J connectivity index is 0.959. The van der Waals surface area contributed by atoms with Crippen molar-refractivity contribution in [3.8, 4) is 28.1 Å². The Hall–Kier alpha value is -6.46. The zero-order chi connectivity index (χ0) is 51.1. The summed E-state index contributed by atoms with van der Waals surface area (Å²) in [6, 6.07) is 12.1. The molecule has 2 aromatic heterocycles. The molecule has 11 unspecified atom stereocenters. The fraction of sp³-hybridized carbons (Fsp3) is 0.527. The Bertz CT molecular complexity index is 2830. The number of rotatable bonds is 13. The van der Waals surface area contributed by atoms with Crippen molar-refractivity contribution in [2.24, 2.45) is 11.8 Å². The highest BCUT2D eigenvalue weighted by molar-refractivity contribution is 6.07. The number of aromatic amines is 2. The molecule has 3 fully saturated rings. The van der Waals surface area contributed by atoms with Crippen molar-refractivity contribution in [3.05, 3.63) is 78.5 Å². The molecule has 17 nitrogen and oxygen atoms in total. The summed E-state index contributed by atoms with van der Waals surface area (Å²) in [6.07, 6.45) is 6.48. The van der Waals surface area contributed by atoms with Crippen molar-refractivity contribution < 1.29 is 42.9 Å². The van der Waals surface area contributed by atoms with Gasteiger partial charge in [-0.2, -0.15) is 0 Å². The van der Waals surface area contributed by atoms with Crippen LogP contribution in [0.5, 0.6) is 5.75 Å². The van der Waals surface area contributed by atoms with E-state index in [1.165, 1.54) is 14.2 Å². The summed E-state index contributed by atoms with van der Waals surface area (Å²) < 4.78 is 28.5. The number of fused-ring (bicyclic) bond motifs is 6. The standard InChI is InChI=1S/C55H70N8O9/c1-11-28(3)62(52(64)48(61-55(67)69-10)37-21-32(7)72-39(12-2)23-37)33(8)50-56-26-44(58-50)35-14-16-40-38(22-35)27-70-46-25-41-34(24-42(40)46)15-17-43-49(41)59-51(57-43)45-18-13-29(4)63(45)53(65)47(60-54(66)68-9)36-19-30(5)71-31(6)20-36/h12,14-17,22,24-26,28-33,36-37,39,45,47-48H,2,11,13,18-21,23,27H2,1,3-10H3,(H,56,58)(H,57,59)(H,60,66)(H,61,67). The van der Waals surface area contributed by atoms with Gasteiger partial charge in [0.2, 0.25) is 11.8 Å².